The lowest BCUT2D eigenvalue weighted by Crippen LogP contribution is -2.36. The lowest BCUT2D eigenvalue weighted by Gasteiger charge is -2.32. The maximum atomic E-state index is 5.90. The zero-order valence-corrected chi connectivity index (χ0v) is 12.2. The van der Waals surface area contributed by atoms with Gasteiger partial charge in [-0.05, 0) is 57.1 Å². The van der Waals surface area contributed by atoms with Gasteiger partial charge in [-0.3, -0.25) is 0 Å². The van der Waals surface area contributed by atoms with Gasteiger partial charge in [0.2, 0.25) is 0 Å². The first-order chi connectivity index (χ1) is 9.19. The van der Waals surface area contributed by atoms with Gasteiger partial charge in [-0.1, -0.05) is 25.0 Å². The number of benzene rings is 1. The van der Waals surface area contributed by atoms with E-state index < -0.39 is 0 Å². The first-order valence-electron chi connectivity index (χ1n) is 7.39. The van der Waals surface area contributed by atoms with Crippen molar-refractivity contribution >= 4 is 5.69 Å². The highest BCUT2D eigenvalue weighted by atomic mass is 15.0. The predicted molar refractivity (Wildman–Crippen MR) is 82.3 cm³/mol. The lowest BCUT2D eigenvalue weighted by molar-refractivity contribution is 0.332. The number of nitrogens with zero attached hydrogens (tertiary/aromatic N) is 1. The van der Waals surface area contributed by atoms with Crippen LogP contribution in [0.5, 0.6) is 0 Å². The molecule has 1 aromatic carbocycles. The largest absolute Gasteiger partial charge is 0.382 e. The summed E-state index contributed by atoms with van der Waals surface area (Å²) in [7, 11) is 4.21. The number of nitrogens with one attached hydrogen (secondary N) is 1. The first-order valence-corrected chi connectivity index (χ1v) is 7.39. The molecule has 2 rings (SSSR count). The van der Waals surface area contributed by atoms with Gasteiger partial charge in [0.25, 0.3) is 0 Å². The second-order valence-corrected chi connectivity index (χ2v) is 5.97. The number of nitrogens with two attached hydrogens (primary N) is 1. The maximum absolute atomic E-state index is 5.90. The van der Waals surface area contributed by atoms with Crippen LogP contribution in [0.2, 0.25) is 0 Å². The van der Waals surface area contributed by atoms with Crippen LogP contribution in [0, 0.1) is 5.92 Å². The van der Waals surface area contributed by atoms with Gasteiger partial charge in [0, 0.05) is 18.3 Å². The quantitative estimate of drug-likeness (QED) is 0.856. The fourth-order valence-electron chi connectivity index (χ4n) is 3.02. The van der Waals surface area contributed by atoms with E-state index in [9.17, 15) is 0 Å². The summed E-state index contributed by atoms with van der Waals surface area (Å²) >= 11 is 0. The molecule has 2 unspecified atom stereocenters. The minimum Gasteiger partial charge on any atom is -0.382 e. The SMILES string of the molecule is CN(C)Cc1cccc(NC2CCCCC2CN)c1. The highest BCUT2D eigenvalue weighted by Crippen LogP contribution is 2.26. The van der Waals surface area contributed by atoms with Crippen LogP contribution < -0.4 is 11.1 Å². The Morgan fingerprint density at radius 2 is 2.05 bits per heavy atom. The third-order valence-electron chi connectivity index (χ3n) is 3.99. The van der Waals surface area contributed by atoms with Crippen LogP contribution in [0.1, 0.15) is 31.2 Å². The highest BCUT2D eigenvalue weighted by molar-refractivity contribution is 5.46. The number of rotatable bonds is 5. The van der Waals surface area contributed by atoms with Gasteiger partial charge >= 0.3 is 0 Å². The molecule has 0 bridgehead atoms. The van der Waals surface area contributed by atoms with Crippen molar-refractivity contribution in [3.8, 4) is 0 Å². The Labute approximate surface area is 117 Å². The van der Waals surface area contributed by atoms with Crippen LogP contribution in [-0.2, 0) is 6.54 Å². The van der Waals surface area contributed by atoms with E-state index in [1.807, 2.05) is 0 Å². The Morgan fingerprint density at radius 3 is 2.79 bits per heavy atom. The second kappa shape index (κ2) is 6.92. The molecule has 0 saturated heterocycles. The molecule has 106 valence electrons. The van der Waals surface area contributed by atoms with Gasteiger partial charge in [0.15, 0.2) is 0 Å². The summed E-state index contributed by atoms with van der Waals surface area (Å²) in [6.45, 7) is 1.79. The summed E-state index contributed by atoms with van der Waals surface area (Å²) in [4.78, 5) is 2.20. The van der Waals surface area contributed by atoms with Gasteiger partial charge in [-0.15, -0.1) is 0 Å². The molecule has 1 saturated carbocycles. The molecular weight excluding hydrogens is 234 g/mol. The second-order valence-electron chi connectivity index (χ2n) is 5.97. The van der Waals surface area contributed by atoms with E-state index >= 15 is 0 Å². The molecule has 0 radical (unpaired) electrons. The van der Waals surface area contributed by atoms with E-state index in [0.717, 1.165) is 13.1 Å². The van der Waals surface area contributed by atoms with Crippen molar-refractivity contribution in [1.82, 2.24) is 4.90 Å². The lowest BCUT2D eigenvalue weighted by atomic mass is 9.84. The third-order valence-corrected chi connectivity index (χ3v) is 3.99. The average Bonchev–Trinajstić information content (AvgIpc) is 2.39. The molecule has 2 atom stereocenters. The molecule has 0 amide bonds. The van der Waals surface area contributed by atoms with Crippen molar-refractivity contribution in [2.45, 2.75) is 38.3 Å². The van der Waals surface area contributed by atoms with Crippen LogP contribution in [-0.4, -0.2) is 31.6 Å². The van der Waals surface area contributed by atoms with Crippen LogP contribution >= 0.6 is 0 Å². The zero-order valence-electron chi connectivity index (χ0n) is 12.2. The third kappa shape index (κ3) is 4.22. The predicted octanol–water partition coefficient (Wildman–Crippen LogP) is 2.68. The fraction of sp³-hybridized carbons (Fsp3) is 0.625. The standard InChI is InChI=1S/C16H27N3/c1-19(2)12-13-6-5-8-15(10-13)18-16-9-4-3-7-14(16)11-17/h5-6,8,10,14,16,18H,3-4,7,9,11-12,17H2,1-2H3. The number of hydrogen-bond donors (Lipinski definition) is 2. The molecule has 0 heterocycles. The first kappa shape index (κ1) is 14.4. The van der Waals surface area contributed by atoms with E-state index in [1.54, 1.807) is 0 Å². The van der Waals surface area contributed by atoms with Crippen molar-refractivity contribution in [2.24, 2.45) is 11.7 Å². The van der Waals surface area contributed by atoms with Crippen molar-refractivity contribution in [2.75, 3.05) is 26.0 Å². The van der Waals surface area contributed by atoms with Gasteiger partial charge in [-0.2, -0.15) is 0 Å². The molecule has 0 aromatic heterocycles. The van der Waals surface area contributed by atoms with E-state index in [0.29, 0.717) is 12.0 Å². The Kier molecular flexibility index (Phi) is 5.23. The Morgan fingerprint density at radius 1 is 1.26 bits per heavy atom. The zero-order chi connectivity index (χ0) is 13.7. The van der Waals surface area contributed by atoms with Gasteiger partial charge in [0.05, 0.1) is 0 Å². The summed E-state index contributed by atoms with van der Waals surface area (Å²) in [6.07, 6.45) is 5.18. The smallest absolute Gasteiger partial charge is 0.0345 e. The van der Waals surface area contributed by atoms with Gasteiger partial charge in [0.1, 0.15) is 0 Å². The van der Waals surface area contributed by atoms with E-state index in [2.05, 4.69) is 48.6 Å². The van der Waals surface area contributed by atoms with E-state index in [1.165, 1.54) is 36.9 Å². The normalized spacial score (nSPS) is 23.6. The molecular formula is C16H27N3. The van der Waals surface area contributed by atoms with Crippen LogP contribution in [0.15, 0.2) is 24.3 Å². The summed E-state index contributed by atoms with van der Waals surface area (Å²) in [6, 6.07) is 9.31. The molecule has 0 aliphatic heterocycles. The molecule has 19 heavy (non-hydrogen) atoms. The summed E-state index contributed by atoms with van der Waals surface area (Å²) in [5.74, 6) is 0.631. The molecule has 3 heteroatoms. The van der Waals surface area contributed by atoms with Crippen molar-refractivity contribution in [1.29, 1.82) is 0 Å². The fourth-order valence-corrected chi connectivity index (χ4v) is 3.02. The minimum atomic E-state index is 0.549. The minimum absolute atomic E-state index is 0.549. The molecule has 1 aromatic rings. The topological polar surface area (TPSA) is 41.3 Å². The van der Waals surface area contributed by atoms with Gasteiger partial charge < -0.3 is 16.0 Å². The Balaban J connectivity index is 2.01. The average molecular weight is 261 g/mol. The highest BCUT2D eigenvalue weighted by Gasteiger charge is 2.23. The summed E-state index contributed by atoms with van der Waals surface area (Å²) in [5.41, 5.74) is 8.49. The van der Waals surface area contributed by atoms with Crippen LogP contribution in [0.3, 0.4) is 0 Å². The maximum Gasteiger partial charge on any atom is 0.0345 e. The van der Waals surface area contributed by atoms with Crippen molar-refractivity contribution in [3.63, 3.8) is 0 Å². The molecule has 1 aliphatic carbocycles. The molecule has 0 spiro atoms. The number of anilines is 1. The molecule has 1 aliphatic rings. The molecule has 3 nitrogen and oxygen atoms in total. The summed E-state index contributed by atoms with van der Waals surface area (Å²) < 4.78 is 0. The Bertz CT molecular complexity index is 389. The van der Waals surface area contributed by atoms with Gasteiger partial charge in [-0.25, -0.2) is 0 Å². The Hall–Kier alpha value is -1.06. The molecule has 1 fully saturated rings. The van der Waals surface area contributed by atoms with Crippen molar-refractivity contribution < 1.29 is 0 Å². The van der Waals surface area contributed by atoms with Crippen LogP contribution in [0.25, 0.3) is 0 Å². The number of hydrogen-bond acceptors (Lipinski definition) is 3. The summed E-state index contributed by atoms with van der Waals surface area (Å²) in [5, 5.41) is 3.70. The van der Waals surface area contributed by atoms with E-state index in [4.69, 9.17) is 5.73 Å². The van der Waals surface area contributed by atoms with Crippen molar-refractivity contribution in [3.05, 3.63) is 29.8 Å². The molecule has 3 N–H and O–H groups in total. The monoisotopic (exact) mass is 261 g/mol. The van der Waals surface area contributed by atoms with E-state index in [-0.39, 0.29) is 0 Å². The van der Waals surface area contributed by atoms with Crippen LogP contribution in [0.4, 0.5) is 5.69 Å².